The Morgan fingerprint density at radius 3 is 2.39 bits per heavy atom. The van der Waals surface area contributed by atoms with Gasteiger partial charge in [0.2, 0.25) is 5.91 Å². The summed E-state index contributed by atoms with van der Waals surface area (Å²) in [5.41, 5.74) is 1.01. The molecular weight excluding hydrogens is 521 g/mol. The third-order valence-electron chi connectivity index (χ3n) is 5.12. The third kappa shape index (κ3) is 7.25. The minimum absolute atomic E-state index is 0.0219. The highest BCUT2D eigenvalue weighted by Gasteiger charge is 2.26. The zero-order valence-electron chi connectivity index (χ0n) is 20.1. The molecule has 0 radical (unpaired) electrons. The molecule has 8 nitrogen and oxygen atoms in total. The molecule has 2 N–H and O–H groups in total. The summed E-state index contributed by atoms with van der Waals surface area (Å²) in [7, 11) is 1.57. The van der Waals surface area contributed by atoms with Crippen LogP contribution in [0.1, 0.15) is 36.1 Å². The van der Waals surface area contributed by atoms with E-state index in [4.69, 9.17) is 27.9 Å². The van der Waals surface area contributed by atoms with Crippen molar-refractivity contribution in [3.05, 3.63) is 76.6 Å². The Balaban J connectivity index is 1.74. The van der Waals surface area contributed by atoms with Crippen LogP contribution in [0, 0.1) is 5.92 Å². The molecule has 0 aliphatic carbocycles. The van der Waals surface area contributed by atoms with Crippen molar-refractivity contribution >= 4 is 52.5 Å². The molecule has 1 aromatic heterocycles. The molecule has 0 bridgehead atoms. The summed E-state index contributed by atoms with van der Waals surface area (Å²) in [6, 6.07) is 11.3. The van der Waals surface area contributed by atoms with Gasteiger partial charge in [0.05, 0.1) is 18.9 Å². The number of anilines is 1. The van der Waals surface area contributed by atoms with E-state index in [-0.39, 0.29) is 23.5 Å². The standard InChI is InChI=1S/C25H27Cl2N5O3S/c1-5-10-32-23(22(15(2)3)29-24(34)16-6-8-20(35-4)9-7-16)30-31-25(32)36-14-21(33)28-19-12-17(26)11-18(27)13-19/h5-9,11-13,15,22H,1,10,14H2,2-4H3,(H,28,33)(H,29,34)/t22-/m1/s1. The highest BCUT2D eigenvalue weighted by molar-refractivity contribution is 7.99. The molecule has 190 valence electrons. The van der Waals surface area contributed by atoms with Gasteiger partial charge in [-0.3, -0.25) is 9.59 Å². The summed E-state index contributed by atoms with van der Waals surface area (Å²) in [4.78, 5) is 25.5. The molecule has 0 spiro atoms. The smallest absolute Gasteiger partial charge is 0.251 e. The molecular formula is C25H27Cl2N5O3S. The normalized spacial score (nSPS) is 11.7. The predicted octanol–water partition coefficient (Wildman–Crippen LogP) is 5.64. The predicted molar refractivity (Wildman–Crippen MR) is 144 cm³/mol. The summed E-state index contributed by atoms with van der Waals surface area (Å²) in [5.74, 6) is 0.871. The van der Waals surface area contributed by atoms with E-state index in [1.54, 1.807) is 55.7 Å². The molecule has 0 saturated carbocycles. The maximum atomic E-state index is 12.9. The number of allylic oxidation sites excluding steroid dienone is 1. The fourth-order valence-corrected chi connectivity index (χ4v) is 4.67. The minimum atomic E-state index is -0.413. The second-order valence-corrected chi connectivity index (χ2v) is 9.97. The van der Waals surface area contributed by atoms with Crippen LogP contribution in [-0.4, -0.2) is 39.4 Å². The van der Waals surface area contributed by atoms with Gasteiger partial charge in [-0.25, -0.2) is 0 Å². The number of amides is 2. The topological polar surface area (TPSA) is 98.1 Å². The first-order chi connectivity index (χ1) is 17.2. The molecule has 2 amide bonds. The van der Waals surface area contributed by atoms with Gasteiger partial charge in [0.1, 0.15) is 5.75 Å². The summed E-state index contributed by atoms with van der Waals surface area (Å²) in [5, 5.41) is 15.9. The number of carbonyl (C=O) groups is 2. The van der Waals surface area contributed by atoms with Crippen molar-refractivity contribution in [2.75, 3.05) is 18.2 Å². The SMILES string of the molecule is C=CCn1c(SCC(=O)Nc2cc(Cl)cc(Cl)c2)nnc1[C@H](NC(=O)c1ccc(OC)cc1)C(C)C. The number of hydrogen-bond acceptors (Lipinski definition) is 6. The zero-order valence-corrected chi connectivity index (χ0v) is 22.5. The molecule has 36 heavy (non-hydrogen) atoms. The number of halogens is 2. The van der Waals surface area contributed by atoms with E-state index < -0.39 is 6.04 Å². The number of aromatic nitrogens is 3. The van der Waals surface area contributed by atoms with Gasteiger partial charge < -0.3 is 19.9 Å². The average molecular weight is 548 g/mol. The fraction of sp³-hybridized carbons (Fsp3) is 0.280. The lowest BCUT2D eigenvalue weighted by Crippen LogP contribution is -2.33. The molecule has 0 unspecified atom stereocenters. The number of nitrogens with one attached hydrogen (secondary N) is 2. The number of carbonyl (C=O) groups excluding carboxylic acids is 2. The molecule has 0 saturated heterocycles. The molecule has 1 heterocycles. The second-order valence-electron chi connectivity index (χ2n) is 8.16. The van der Waals surface area contributed by atoms with E-state index >= 15 is 0 Å². The molecule has 3 rings (SSSR count). The number of benzene rings is 2. The number of nitrogens with zero attached hydrogens (tertiary/aromatic N) is 3. The second kappa shape index (κ2) is 12.8. The van der Waals surface area contributed by atoms with Crippen molar-refractivity contribution < 1.29 is 14.3 Å². The lowest BCUT2D eigenvalue weighted by molar-refractivity contribution is -0.113. The van der Waals surface area contributed by atoms with Crippen LogP contribution in [0.2, 0.25) is 10.0 Å². The van der Waals surface area contributed by atoms with E-state index in [2.05, 4.69) is 27.4 Å². The van der Waals surface area contributed by atoms with Gasteiger partial charge in [0.25, 0.3) is 5.91 Å². The van der Waals surface area contributed by atoms with Crippen molar-refractivity contribution in [2.24, 2.45) is 5.92 Å². The van der Waals surface area contributed by atoms with Gasteiger partial charge >= 0.3 is 0 Å². The molecule has 3 aromatic rings. The highest BCUT2D eigenvalue weighted by Crippen LogP contribution is 2.27. The van der Waals surface area contributed by atoms with E-state index in [0.29, 0.717) is 44.6 Å². The van der Waals surface area contributed by atoms with E-state index in [9.17, 15) is 9.59 Å². The van der Waals surface area contributed by atoms with E-state index in [0.717, 1.165) is 0 Å². The van der Waals surface area contributed by atoms with Crippen LogP contribution >= 0.6 is 35.0 Å². The van der Waals surface area contributed by atoms with Crippen LogP contribution < -0.4 is 15.4 Å². The first-order valence-electron chi connectivity index (χ1n) is 11.1. The van der Waals surface area contributed by atoms with Crippen molar-refractivity contribution in [3.8, 4) is 5.75 Å². The van der Waals surface area contributed by atoms with Crippen molar-refractivity contribution in [1.29, 1.82) is 0 Å². The number of rotatable bonds is 11. The van der Waals surface area contributed by atoms with Crippen LogP contribution in [0.4, 0.5) is 5.69 Å². The molecule has 1 atom stereocenters. The van der Waals surface area contributed by atoms with Gasteiger partial charge in [0, 0.05) is 27.8 Å². The maximum Gasteiger partial charge on any atom is 0.251 e. The van der Waals surface area contributed by atoms with Crippen LogP contribution in [0.5, 0.6) is 5.75 Å². The maximum absolute atomic E-state index is 12.9. The molecule has 11 heteroatoms. The summed E-state index contributed by atoms with van der Waals surface area (Å²) < 4.78 is 7.01. The largest absolute Gasteiger partial charge is 0.497 e. The Bertz CT molecular complexity index is 1210. The molecule has 0 aliphatic rings. The summed E-state index contributed by atoms with van der Waals surface area (Å²) in [6.45, 7) is 8.22. The number of hydrogen-bond donors (Lipinski definition) is 2. The Labute approximate surface area is 224 Å². The Kier molecular flexibility index (Phi) is 9.81. The zero-order chi connectivity index (χ0) is 26.2. The Hall–Kier alpha value is -3.01. The van der Waals surface area contributed by atoms with Crippen LogP contribution in [0.25, 0.3) is 0 Å². The highest BCUT2D eigenvalue weighted by atomic mass is 35.5. The average Bonchev–Trinajstić information content (AvgIpc) is 3.22. The van der Waals surface area contributed by atoms with Crippen molar-refractivity contribution in [1.82, 2.24) is 20.1 Å². The lowest BCUT2D eigenvalue weighted by atomic mass is 10.0. The lowest BCUT2D eigenvalue weighted by Gasteiger charge is -2.22. The van der Waals surface area contributed by atoms with E-state index in [1.165, 1.54) is 11.8 Å². The Morgan fingerprint density at radius 1 is 1.14 bits per heavy atom. The van der Waals surface area contributed by atoms with Crippen molar-refractivity contribution in [3.63, 3.8) is 0 Å². The van der Waals surface area contributed by atoms with Gasteiger partial charge in [0.15, 0.2) is 11.0 Å². The van der Waals surface area contributed by atoms with Crippen LogP contribution in [-0.2, 0) is 11.3 Å². The summed E-state index contributed by atoms with van der Waals surface area (Å²) in [6.07, 6.45) is 1.72. The van der Waals surface area contributed by atoms with Gasteiger partial charge in [-0.05, 0) is 48.4 Å². The summed E-state index contributed by atoms with van der Waals surface area (Å²) >= 11 is 13.2. The van der Waals surface area contributed by atoms with Crippen molar-refractivity contribution in [2.45, 2.75) is 31.6 Å². The van der Waals surface area contributed by atoms with Gasteiger partial charge in [-0.15, -0.1) is 16.8 Å². The van der Waals surface area contributed by atoms with Gasteiger partial charge in [-0.2, -0.15) is 0 Å². The van der Waals surface area contributed by atoms with Crippen LogP contribution in [0.15, 0.2) is 60.3 Å². The van der Waals surface area contributed by atoms with Crippen LogP contribution in [0.3, 0.4) is 0 Å². The molecule has 0 fully saturated rings. The van der Waals surface area contributed by atoms with E-state index in [1.807, 2.05) is 18.4 Å². The molecule has 0 aliphatic heterocycles. The van der Waals surface area contributed by atoms with Gasteiger partial charge in [-0.1, -0.05) is 54.9 Å². The fourth-order valence-electron chi connectivity index (χ4n) is 3.39. The number of methoxy groups -OCH3 is 1. The first-order valence-corrected chi connectivity index (χ1v) is 12.8. The first kappa shape index (κ1) is 27.6. The Morgan fingerprint density at radius 2 is 1.81 bits per heavy atom. The number of ether oxygens (including phenoxy) is 1. The molecule has 2 aromatic carbocycles. The third-order valence-corrected chi connectivity index (χ3v) is 6.52. The minimum Gasteiger partial charge on any atom is -0.497 e. The monoisotopic (exact) mass is 547 g/mol. The quantitative estimate of drug-likeness (QED) is 0.238. The number of thioether (sulfide) groups is 1.